The van der Waals surface area contributed by atoms with Crippen LogP contribution in [0.5, 0.6) is 0 Å². The summed E-state index contributed by atoms with van der Waals surface area (Å²) in [4.78, 5) is 5.59. The van der Waals surface area contributed by atoms with Gasteiger partial charge in [0.15, 0.2) is 0 Å². The highest BCUT2D eigenvalue weighted by Gasteiger charge is 2.13. The van der Waals surface area contributed by atoms with Gasteiger partial charge in [0.25, 0.3) is 0 Å². The van der Waals surface area contributed by atoms with Gasteiger partial charge >= 0.3 is 0 Å². The molecular formula is C16H17N3. The minimum atomic E-state index is 0.779. The van der Waals surface area contributed by atoms with E-state index in [1.165, 1.54) is 11.1 Å². The van der Waals surface area contributed by atoms with Crippen LogP contribution in [0.2, 0.25) is 0 Å². The number of aromatic amines is 1. The van der Waals surface area contributed by atoms with Crippen LogP contribution < -0.4 is 10.6 Å². The van der Waals surface area contributed by atoms with E-state index >= 15 is 0 Å². The van der Waals surface area contributed by atoms with Crippen LogP contribution >= 0.6 is 0 Å². The Morgan fingerprint density at radius 3 is 2.63 bits per heavy atom. The summed E-state index contributed by atoms with van der Waals surface area (Å²) in [5, 5.41) is 1.23. The molecule has 0 amide bonds. The van der Waals surface area contributed by atoms with E-state index in [2.05, 4.69) is 48.1 Å². The predicted molar refractivity (Wildman–Crippen MR) is 82.0 cm³/mol. The number of hydrogen-bond acceptors (Lipinski definition) is 2. The molecule has 0 unspecified atom stereocenters. The number of rotatable bonds is 2. The Hall–Kier alpha value is -2.42. The Bertz CT molecular complexity index is 728. The molecule has 0 aliphatic heterocycles. The Morgan fingerprint density at radius 1 is 1.05 bits per heavy atom. The second-order valence-corrected chi connectivity index (χ2v) is 4.80. The first-order valence-electron chi connectivity index (χ1n) is 6.33. The van der Waals surface area contributed by atoms with Crippen LogP contribution in [0, 0.1) is 6.92 Å². The molecule has 3 aromatic rings. The topological polar surface area (TPSA) is 45.0 Å². The summed E-state index contributed by atoms with van der Waals surface area (Å²) in [6, 6.07) is 16.3. The highest BCUT2D eigenvalue weighted by molar-refractivity contribution is 5.96. The lowest BCUT2D eigenvalue weighted by atomic mass is 10.2. The first-order valence-corrected chi connectivity index (χ1v) is 6.33. The normalized spacial score (nSPS) is 10.8. The Labute approximate surface area is 112 Å². The third kappa shape index (κ3) is 1.93. The lowest BCUT2D eigenvalue weighted by Gasteiger charge is -2.20. The number of aromatic nitrogens is 1. The largest absolute Gasteiger partial charge is 0.399 e. The van der Waals surface area contributed by atoms with Crippen molar-refractivity contribution in [1.29, 1.82) is 0 Å². The summed E-state index contributed by atoms with van der Waals surface area (Å²) in [5.74, 6) is 0. The molecule has 0 atom stereocenters. The van der Waals surface area contributed by atoms with E-state index in [-0.39, 0.29) is 0 Å². The maximum absolute atomic E-state index is 5.87. The SMILES string of the molecule is Cc1[nH]c2ccccc2c1N(C)c1cccc(N)c1. The smallest absolute Gasteiger partial charge is 0.0696 e. The number of nitrogens with two attached hydrogens (primary N) is 1. The van der Waals surface area contributed by atoms with E-state index in [0.29, 0.717) is 0 Å². The third-order valence-corrected chi connectivity index (χ3v) is 3.45. The minimum Gasteiger partial charge on any atom is -0.399 e. The zero-order chi connectivity index (χ0) is 13.4. The van der Waals surface area contributed by atoms with Gasteiger partial charge in [0.05, 0.1) is 5.69 Å². The van der Waals surface area contributed by atoms with Crippen molar-refractivity contribution in [2.45, 2.75) is 6.92 Å². The molecule has 0 radical (unpaired) electrons. The van der Waals surface area contributed by atoms with Crippen molar-refractivity contribution in [2.75, 3.05) is 17.7 Å². The van der Waals surface area contributed by atoms with Crippen LogP contribution in [-0.2, 0) is 0 Å². The first-order chi connectivity index (χ1) is 9.16. The molecule has 96 valence electrons. The summed E-state index contributed by atoms with van der Waals surface area (Å²) in [5.41, 5.74) is 11.2. The third-order valence-electron chi connectivity index (χ3n) is 3.45. The lowest BCUT2D eigenvalue weighted by molar-refractivity contribution is 1.18. The van der Waals surface area contributed by atoms with Crippen molar-refractivity contribution in [2.24, 2.45) is 0 Å². The molecule has 0 spiro atoms. The second-order valence-electron chi connectivity index (χ2n) is 4.80. The molecule has 3 heteroatoms. The highest BCUT2D eigenvalue weighted by atomic mass is 15.1. The number of nitrogens with one attached hydrogen (secondary N) is 1. The van der Waals surface area contributed by atoms with Gasteiger partial charge in [-0.2, -0.15) is 0 Å². The van der Waals surface area contributed by atoms with Gasteiger partial charge in [0.1, 0.15) is 0 Å². The van der Waals surface area contributed by atoms with Crippen molar-refractivity contribution < 1.29 is 0 Å². The second kappa shape index (κ2) is 4.35. The van der Waals surface area contributed by atoms with Crippen LogP contribution in [0.4, 0.5) is 17.1 Å². The molecule has 0 aliphatic rings. The van der Waals surface area contributed by atoms with Gasteiger partial charge in [-0.3, -0.25) is 0 Å². The Morgan fingerprint density at radius 2 is 1.84 bits per heavy atom. The molecule has 2 aromatic carbocycles. The molecule has 19 heavy (non-hydrogen) atoms. The van der Waals surface area contributed by atoms with Crippen LogP contribution in [0.25, 0.3) is 10.9 Å². The summed E-state index contributed by atoms with van der Waals surface area (Å²) < 4.78 is 0. The standard InChI is InChI=1S/C16H17N3/c1-11-16(14-8-3-4-9-15(14)18-11)19(2)13-7-5-6-12(17)10-13/h3-10,18H,17H2,1-2H3. The van der Waals surface area contributed by atoms with Crippen molar-refractivity contribution >= 4 is 28.0 Å². The molecule has 3 rings (SSSR count). The number of aryl methyl sites for hydroxylation is 1. The van der Waals surface area contributed by atoms with E-state index < -0.39 is 0 Å². The molecule has 0 saturated heterocycles. The lowest BCUT2D eigenvalue weighted by Crippen LogP contribution is -2.10. The fourth-order valence-corrected chi connectivity index (χ4v) is 2.56. The quantitative estimate of drug-likeness (QED) is 0.680. The fraction of sp³-hybridized carbons (Fsp3) is 0.125. The van der Waals surface area contributed by atoms with E-state index in [4.69, 9.17) is 5.73 Å². The van der Waals surface area contributed by atoms with Gasteiger partial charge in [0.2, 0.25) is 0 Å². The molecule has 3 nitrogen and oxygen atoms in total. The van der Waals surface area contributed by atoms with Gasteiger partial charge in [-0.25, -0.2) is 0 Å². The van der Waals surface area contributed by atoms with Gasteiger partial charge in [0, 0.05) is 35.0 Å². The molecule has 0 bridgehead atoms. The maximum Gasteiger partial charge on any atom is 0.0696 e. The highest BCUT2D eigenvalue weighted by Crippen LogP contribution is 2.34. The molecule has 1 aromatic heterocycles. The maximum atomic E-state index is 5.87. The van der Waals surface area contributed by atoms with E-state index in [0.717, 1.165) is 22.6 Å². The first kappa shape index (κ1) is 11.7. The molecular weight excluding hydrogens is 234 g/mol. The number of nitrogens with zero attached hydrogens (tertiary/aromatic N) is 1. The van der Waals surface area contributed by atoms with Gasteiger partial charge in [-0.1, -0.05) is 24.3 Å². The summed E-state index contributed by atoms with van der Waals surface area (Å²) in [6.07, 6.45) is 0. The van der Waals surface area contributed by atoms with Crippen LogP contribution in [0.15, 0.2) is 48.5 Å². The minimum absolute atomic E-state index is 0.779. The zero-order valence-corrected chi connectivity index (χ0v) is 11.1. The molecule has 3 N–H and O–H groups in total. The average Bonchev–Trinajstić information content (AvgIpc) is 2.74. The number of fused-ring (bicyclic) bond motifs is 1. The van der Waals surface area contributed by atoms with Crippen LogP contribution in [0.1, 0.15) is 5.69 Å². The monoisotopic (exact) mass is 251 g/mol. The van der Waals surface area contributed by atoms with Crippen molar-refractivity contribution in [3.8, 4) is 0 Å². The van der Waals surface area contributed by atoms with E-state index in [9.17, 15) is 0 Å². The van der Waals surface area contributed by atoms with Crippen molar-refractivity contribution in [3.63, 3.8) is 0 Å². The van der Waals surface area contributed by atoms with Crippen LogP contribution in [0.3, 0.4) is 0 Å². The van der Waals surface area contributed by atoms with Gasteiger partial charge < -0.3 is 15.6 Å². The Kier molecular flexibility index (Phi) is 2.67. The number of H-pyrrole nitrogens is 1. The fourth-order valence-electron chi connectivity index (χ4n) is 2.56. The molecule has 0 aliphatic carbocycles. The molecule has 0 fully saturated rings. The van der Waals surface area contributed by atoms with E-state index in [1.807, 2.05) is 24.3 Å². The van der Waals surface area contributed by atoms with Crippen molar-refractivity contribution in [3.05, 3.63) is 54.2 Å². The zero-order valence-electron chi connectivity index (χ0n) is 11.1. The van der Waals surface area contributed by atoms with Gasteiger partial charge in [-0.05, 0) is 31.2 Å². The number of anilines is 3. The molecule has 1 heterocycles. The van der Waals surface area contributed by atoms with Gasteiger partial charge in [-0.15, -0.1) is 0 Å². The van der Waals surface area contributed by atoms with E-state index in [1.54, 1.807) is 0 Å². The number of para-hydroxylation sites is 1. The summed E-state index contributed by atoms with van der Waals surface area (Å²) in [6.45, 7) is 2.10. The summed E-state index contributed by atoms with van der Waals surface area (Å²) >= 11 is 0. The average molecular weight is 251 g/mol. The number of benzene rings is 2. The number of hydrogen-bond donors (Lipinski definition) is 2. The number of nitrogen functional groups attached to an aromatic ring is 1. The Balaban J connectivity index is 2.16. The molecule has 0 saturated carbocycles. The van der Waals surface area contributed by atoms with Crippen molar-refractivity contribution in [1.82, 2.24) is 4.98 Å². The predicted octanol–water partition coefficient (Wildman–Crippen LogP) is 3.83. The summed E-state index contributed by atoms with van der Waals surface area (Å²) in [7, 11) is 2.07. The van der Waals surface area contributed by atoms with Crippen LogP contribution in [-0.4, -0.2) is 12.0 Å².